The van der Waals surface area contributed by atoms with E-state index in [0.29, 0.717) is 0 Å². The second kappa shape index (κ2) is 5.89. The molecule has 116 valence electrons. The predicted octanol–water partition coefficient (Wildman–Crippen LogP) is 2.13. The van der Waals surface area contributed by atoms with E-state index in [1.807, 2.05) is 31.5 Å². The van der Waals surface area contributed by atoms with Gasteiger partial charge in [-0.3, -0.25) is 9.88 Å². The van der Waals surface area contributed by atoms with Gasteiger partial charge in [-0.2, -0.15) is 0 Å². The van der Waals surface area contributed by atoms with E-state index >= 15 is 0 Å². The molecular formula is C17H18N6. The molecule has 0 aliphatic carbocycles. The van der Waals surface area contributed by atoms with Crippen molar-refractivity contribution in [3.8, 4) is 11.4 Å². The summed E-state index contributed by atoms with van der Waals surface area (Å²) in [5, 5.41) is 0. The van der Waals surface area contributed by atoms with Gasteiger partial charge in [-0.05, 0) is 19.1 Å². The van der Waals surface area contributed by atoms with Gasteiger partial charge in [0.25, 0.3) is 0 Å². The quantitative estimate of drug-likeness (QED) is 0.802. The summed E-state index contributed by atoms with van der Waals surface area (Å²) in [6.45, 7) is 4.71. The zero-order valence-electron chi connectivity index (χ0n) is 13.0. The summed E-state index contributed by atoms with van der Waals surface area (Å²) in [7, 11) is 0. The van der Waals surface area contributed by atoms with Crippen molar-refractivity contribution in [2.24, 2.45) is 0 Å². The Balaban J connectivity index is 1.52. The van der Waals surface area contributed by atoms with Crippen LogP contribution in [0.25, 0.3) is 11.4 Å². The average Bonchev–Trinajstić information content (AvgIpc) is 3.00. The molecule has 4 rings (SSSR count). The number of aryl methyl sites for hydroxylation is 1. The first-order valence-electron chi connectivity index (χ1n) is 7.76. The van der Waals surface area contributed by atoms with Gasteiger partial charge in [-0.1, -0.05) is 0 Å². The Hall–Kier alpha value is -2.60. The van der Waals surface area contributed by atoms with Crippen LogP contribution in [0.4, 0.5) is 0 Å². The molecule has 1 aliphatic rings. The lowest BCUT2D eigenvalue weighted by atomic mass is 10.1. The highest BCUT2D eigenvalue weighted by Crippen LogP contribution is 2.21. The van der Waals surface area contributed by atoms with Crippen LogP contribution in [0.3, 0.4) is 0 Å². The fourth-order valence-electron chi connectivity index (χ4n) is 2.91. The molecule has 6 heteroatoms. The first-order valence-corrected chi connectivity index (χ1v) is 7.76. The Morgan fingerprint density at radius 3 is 2.83 bits per heavy atom. The highest BCUT2D eigenvalue weighted by atomic mass is 15.2. The van der Waals surface area contributed by atoms with E-state index in [-0.39, 0.29) is 0 Å². The van der Waals surface area contributed by atoms with E-state index in [0.717, 1.165) is 54.7 Å². The molecule has 23 heavy (non-hydrogen) atoms. The summed E-state index contributed by atoms with van der Waals surface area (Å²) in [4.78, 5) is 23.3. The average molecular weight is 306 g/mol. The Bertz CT molecular complexity index is 811. The summed E-state index contributed by atoms with van der Waals surface area (Å²) in [5.41, 5.74) is 4.47. The van der Waals surface area contributed by atoms with Crippen LogP contribution in [-0.4, -0.2) is 36.4 Å². The molecule has 0 bridgehead atoms. The van der Waals surface area contributed by atoms with Crippen LogP contribution >= 0.6 is 0 Å². The number of nitrogens with zero attached hydrogens (tertiary/aromatic N) is 5. The van der Waals surface area contributed by atoms with Crippen LogP contribution in [0.2, 0.25) is 0 Å². The fourth-order valence-corrected chi connectivity index (χ4v) is 2.91. The van der Waals surface area contributed by atoms with Gasteiger partial charge in [-0.25, -0.2) is 15.0 Å². The molecule has 1 aliphatic heterocycles. The minimum atomic E-state index is 0.779. The Morgan fingerprint density at radius 2 is 2.04 bits per heavy atom. The summed E-state index contributed by atoms with van der Waals surface area (Å²) in [6.07, 6.45) is 8.31. The minimum Gasteiger partial charge on any atom is -0.345 e. The zero-order chi connectivity index (χ0) is 15.6. The van der Waals surface area contributed by atoms with E-state index in [4.69, 9.17) is 4.98 Å². The molecule has 0 saturated heterocycles. The van der Waals surface area contributed by atoms with Gasteiger partial charge >= 0.3 is 0 Å². The number of H-pyrrole nitrogens is 1. The number of hydrogen-bond donors (Lipinski definition) is 1. The van der Waals surface area contributed by atoms with Crippen LogP contribution in [0.1, 0.15) is 22.8 Å². The van der Waals surface area contributed by atoms with Crippen LogP contribution in [0.5, 0.6) is 0 Å². The maximum absolute atomic E-state index is 4.74. The van der Waals surface area contributed by atoms with Crippen molar-refractivity contribution in [3.05, 3.63) is 59.7 Å². The molecule has 3 aromatic heterocycles. The third kappa shape index (κ3) is 2.98. The zero-order valence-corrected chi connectivity index (χ0v) is 13.0. The summed E-state index contributed by atoms with van der Waals surface area (Å²) >= 11 is 0. The molecule has 0 fully saturated rings. The molecule has 0 unspecified atom stereocenters. The van der Waals surface area contributed by atoms with E-state index in [9.17, 15) is 0 Å². The maximum atomic E-state index is 4.74. The lowest BCUT2D eigenvalue weighted by Gasteiger charge is -2.27. The van der Waals surface area contributed by atoms with E-state index in [2.05, 4.69) is 24.8 Å². The van der Waals surface area contributed by atoms with E-state index < -0.39 is 0 Å². The standard InChI is InChI=1S/C17H18N6/c1-12-8-19-16(21-12)11-23-7-4-15-14(10-23)9-20-17(22-15)13-2-5-18-6-3-13/h2-3,5-6,8-9H,4,7,10-11H2,1H3,(H,19,21). The van der Waals surface area contributed by atoms with Crippen molar-refractivity contribution in [2.75, 3.05) is 6.54 Å². The number of hydrogen-bond acceptors (Lipinski definition) is 5. The van der Waals surface area contributed by atoms with Crippen molar-refractivity contribution in [2.45, 2.75) is 26.4 Å². The Morgan fingerprint density at radius 1 is 1.17 bits per heavy atom. The third-order valence-corrected chi connectivity index (χ3v) is 4.08. The summed E-state index contributed by atoms with van der Waals surface area (Å²) in [5.74, 6) is 1.79. The number of pyridine rings is 1. The highest BCUT2D eigenvalue weighted by molar-refractivity contribution is 5.54. The molecule has 0 saturated carbocycles. The Labute approximate surface area is 134 Å². The van der Waals surface area contributed by atoms with Gasteiger partial charge in [0.15, 0.2) is 5.82 Å². The molecular weight excluding hydrogens is 288 g/mol. The van der Waals surface area contributed by atoms with Crippen LogP contribution < -0.4 is 0 Å². The predicted molar refractivity (Wildman–Crippen MR) is 86.4 cm³/mol. The minimum absolute atomic E-state index is 0.779. The Kier molecular flexibility index (Phi) is 3.59. The molecule has 1 N–H and O–H groups in total. The largest absolute Gasteiger partial charge is 0.345 e. The van der Waals surface area contributed by atoms with Crippen molar-refractivity contribution in [3.63, 3.8) is 0 Å². The first kappa shape index (κ1) is 14.0. The number of rotatable bonds is 3. The first-order chi connectivity index (χ1) is 11.3. The van der Waals surface area contributed by atoms with Crippen molar-refractivity contribution >= 4 is 0 Å². The van der Waals surface area contributed by atoms with Crippen molar-refractivity contribution in [1.82, 2.24) is 29.8 Å². The van der Waals surface area contributed by atoms with Gasteiger partial charge in [0, 0.05) is 61.1 Å². The van der Waals surface area contributed by atoms with Gasteiger partial charge in [0.2, 0.25) is 0 Å². The topological polar surface area (TPSA) is 70.6 Å². The van der Waals surface area contributed by atoms with Crippen molar-refractivity contribution in [1.29, 1.82) is 0 Å². The van der Waals surface area contributed by atoms with Gasteiger partial charge < -0.3 is 4.98 Å². The molecule has 0 amide bonds. The lowest BCUT2D eigenvalue weighted by Crippen LogP contribution is -2.31. The highest BCUT2D eigenvalue weighted by Gasteiger charge is 2.19. The lowest BCUT2D eigenvalue weighted by molar-refractivity contribution is 0.237. The summed E-state index contributed by atoms with van der Waals surface area (Å²) < 4.78 is 0. The summed E-state index contributed by atoms with van der Waals surface area (Å²) in [6, 6.07) is 3.88. The smallest absolute Gasteiger partial charge is 0.159 e. The number of aromatic amines is 1. The van der Waals surface area contributed by atoms with E-state index in [1.54, 1.807) is 12.4 Å². The molecule has 0 spiro atoms. The second-order valence-corrected chi connectivity index (χ2v) is 5.87. The molecule has 0 atom stereocenters. The van der Waals surface area contributed by atoms with Gasteiger partial charge in [0.05, 0.1) is 12.2 Å². The SMILES string of the molecule is Cc1cnc(CN2CCc3nc(-c4ccncc4)ncc3C2)[nH]1. The van der Waals surface area contributed by atoms with Crippen LogP contribution in [0.15, 0.2) is 36.9 Å². The second-order valence-electron chi connectivity index (χ2n) is 5.87. The molecule has 6 nitrogen and oxygen atoms in total. The molecule has 3 aromatic rings. The third-order valence-electron chi connectivity index (χ3n) is 4.08. The van der Waals surface area contributed by atoms with E-state index in [1.165, 1.54) is 5.56 Å². The molecule has 4 heterocycles. The van der Waals surface area contributed by atoms with Gasteiger partial charge in [-0.15, -0.1) is 0 Å². The fraction of sp³-hybridized carbons (Fsp3) is 0.294. The molecule has 0 radical (unpaired) electrons. The maximum Gasteiger partial charge on any atom is 0.159 e. The van der Waals surface area contributed by atoms with Gasteiger partial charge in [0.1, 0.15) is 5.82 Å². The molecule has 0 aromatic carbocycles. The van der Waals surface area contributed by atoms with Crippen LogP contribution in [0, 0.1) is 6.92 Å². The number of aromatic nitrogens is 5. The number of nitrogens with one attached hydrogen (secondary N) is 1. The van der Waals surface area contributed by atoms with Crippen LogP contribution in [-0.2, 0) is 19.5 Å². The number of fused-ring (bicyclic) bond motifs is 1. The monoisotopic (exact) mass is 306 g/mol. The normalized spacial score (nSPS) is 14.7. The van der Waals surface area contributed by atoms with Crippen molar-refractivity contribution < 1.29 is 0 Å². The number of imidazole rings is 1.